The van der Waals surface area contributed by atoms with Gasteiger partial charge in [0.25, 0.3) is 0 Å². The topological polar surface area (TPSA) is 67.5 Å². The first-order chi connectivity index (χ1) is 7.58. The Morgan fingerprint density at radius 1 is 1.56 bits per heavy atom. The van der Waals surface area contributed by atoms with Gasteiger partial charge >= 0.3 is 0 Å². The average Bonchev–Trinajstić information content (AvgIpc) is 2.22. The van der Waals surface area contributed by atoms with Crippen LogP contribution in [0.4, 0.5) is 15.8 Å². The van der Waals surface area contributed by atoms with Crippen molar-refractivity contribution in [2.45, 2.75) is 19.4 Å². The molecule has 0 aliphatic heterocycles. The van der Waals surface area contributed by atoms with Crippen molar-refractivity contribution in [1.29, 1.82) is 0 Å². The van der Waals surface area contributed by atoms with Crippen LogP contribution in [0.1, 0.15) is 13.3 Å². The lowest BCUT2D eigenvalue weighted by Gasteiger charge is -2.16. The molecule has 90 valence electrons. The molecule has 0 aromatic heterocycles. The summed E-state index contributed by atoms with van der Waals surface area (Å²) in [4.78, 5) is 0. The third-order valence-corrected chi connectivity index (χ3v) is 2.29. The lowest BCUT2D eigenvalue weighted by molar-refractivity contribution is 0.282. The standard InChI is InChI=1S/C11H17FN2O2/c1-7(3-4-15)14-10-6-11(16-2)8(12)5-9(10)13/h5-7,14-15H,3-4,13H2,1-2H3. The Balaban J connectivity index is 2.87. The van der Waals surface area contributed by atoms with E-state index in [1.807, 2.05) is 6.92 Å². The van der Waals surface area contributed by atoms with E-state index in [1.165, 1.54) is 19.2 Å². The van der Waals surface area contributed by atoms with Gasteiger partial charge in [-0.1, -0.05) is 0 Å². The fraction of sp³-hybridized carbons (Fsp3) is 0.455. The molecule has 0 radical (unpaired) electrons. The van der Waals surface area contributed by atoms with Gasteiger partial charge in [0.2, 0.25) is 0 Å². The highest BCUT2D eigenvalue weighted by atomic mass is 19.1. The van der Waals surface area contributed by atoms with Crippen LogP contribution in [0.3, 0.4) is 0 Å². The van der Waals surface area contributed by atoms with Gasteiger partial charge in [0.15, 0.2) is 11.6 Å². The summed E-state index contributed by atoms with van der Waals surface area (Å²) in [6.07, 6.45) is 0.596. The second-order valence-corrected chi connectivity index (χ2v) is 3.63. The van der Waals surface area contributed by atoms with Gasteiger partial charge in [0.1, 0.15) is 0 Å². The highest BCUT2D eigenvalue weighted by Crippen LogP contribution is 2.28. The Morgan fingerprint density at radius 2 is 2.25 bits per heavy atom. The number of nitrogens with one attached hydrogen (secondary N) is 1. The maximum Gasteiger partial charge on any atom is 0.167 e. The molecule has 4 nitrogen and oxygen atoms in total. The van der Waals surface area contributed by atoms with Gasteiger partial charge in [-0.2, -0.15) is 0 Å². The number of aliphatic hydroxyl groups is 1. The minimum Gasteiger partial charge on any atom is -0.494 e. The number of nitrogens with two attached hydrogens (primary N) is 1. The summed E-state index contributed by atoms with van der Waals surface area (Å²) in [7, 11) is 1.40. The van der Waals surface area contributed by atoms with Crippen molar-refractivity contribution >= 4 is 11.4 Å². The molecule has 0 heterocycles. The van der Waals surface area contributed by atoms with Gasteiger partial charge in [-0.05, 0) is 13.3 Å². The van der Waals surface area contributed by atoms with Crippen LogP contribution >= 0.6 is 0 Å². The third-order valence-electron chi connectivity index (χ3n) is 2.29. The van der Waals surface area contributed by atoms with Crippen molar-refractivity contribution in [1.82, 2.24) is 0 Å². The molecule has 1 atom stereocenters. The molecule has 0 aliphatic carbocycles. The summed E-state index contributed by atoms with van der Waals surface area (Å²) >= 11 is 0. The molecular formula is C11H17FN2O2. The van der Waals surface area contributed by atoms with Crippen molar-refractivity contribution in [3.8, 4) is 5.75 Å². The molecule has 0 fully saturated rings. The molecule has 0 saturated carbocycles. The number of ether oxygens (including phenoxy) is 1. The summed E-state index contributed by atoms with van der Waals surface area (Å²) in [5.41, 5.74) is 6.60. The number of nitrogen functional groups attached to an aromatic ring is 1. The SMILES string of the molecule is COc1cc(NC(C)CCO)c(N)cc1F. The number of halogens is 1. The summed E-state index contributed by atoms with van der Waals surface area (Å²) in [6, 6.07) is 2.79. The molecule has 0 saturated heterocycles. The van der Waals surface area contributed by atoms with Gasteiger partial charge in [-0.25, -0.2) is 4.39 Å². The van der Waals surface area contributed by atoms with E-state index in [1.54, 1.807) is 0 Å². The average molecular weight is 228 g/mol. The number of hydrogen-bond acceptors (Lipinski definition) is 4. The quantitative estimate of drug-likeness (QED) is 0.670. The predicted molar refractivity (Wildman–Crippen MR) is 62.2 cm³/mol. The summed E-state index contributed by atoms with van der Waals surface area (Å²) < 4.78 is 18.1. The minimum absolute atomic E-state index is 0.0578. The zero-order chi connectivity index (χ0) is 12.1. The summed E-state index contributed by atoms with van der Waals surface area (Å²) in [5, 5.41) is 11.9. The van der Waals surface area contributed by atoms with E-state index in [0.29, 0.717) is 17.8 Å². The second kappa shape index (κ2) is 5.55. The van der Waals surface area contributed by atoms with Gasteiger partial charge in [-0.3, -0.25) is 0 Å². The van der Waals surface area contributed by atoms with E-state index < -0.39 is 5.82 Å². The Labute approximate surface area is 94.2 Å². The van der Waals surface area contributed by atoms with E-state index in [9.17, 15) is 4.39 Å². The molecule has 1 unspecified atom stereocenters. The maximum atomic E-state index is 13.2. The van der Waals surface area contributed by atoms with Crippen molar-refractivity contribution in [3.05, 3.63) is 17.9 Å². The number of aliphatic hydroxyl groups excluding tert-OH is 1. The molecular weight excluding hydrogens is 211 g/mol. The summed E-state index contributed by atoms with van der Waals surface area (Å²) in [6.45, 7) is 2.00. The van der Waals surface area contributed by atoms with Crippen molar-refractivity contribution < 1.29 is 14.2 Å². The first-order valence-corrected chi connectivity index (χ1v) is 5.09. The monoisotopic (exact) mass is 228 g/mol. The smallest absolute Gasteiger partial charge is 0.167 e. The first-order valence-electron chi connectivity index (χ1n) is 5.09. The van der Waals surface area contributed by atoms with Gasteiger partial charge in [0.05, 0.1) is 18.5 Å². The zero-order valence-corrected chi connectivity index (χ0v) is 9.46. The van der Waals surface area contributed by atoms with Crippen LogP contribution in [0.15, 0.2) is 12.1 Å². The first kappa shape index (κ1) is 12.6. The van der Waals surface area contributed by atoms with Crippen molar-refractivity contribution in [2.75, 3.05) is 24.8 Å². The molecule has 0 bridgehead atoms. The fourth-order valence-electron chi connectivity index (χ4n) is 1.38. The molecule has 1 aromatic carbocycles. The molecule has 0 amide bonds. The maximum absolute atomic E-state index is 13.2. The molecule has 0 spiro atoms. The van der Waals surface area contributed by atoms with E-state index in [0.717, 1.165) is 0 Å². The Morgan fingerprint density at radius 3 is 2.81 bits per heavy atom. The number of benzene rings is 1. The Hall–Kier alpha value is -1.49. The highest BCUT2D eigenvalue weighted by molar-refractivity contribution is 5.68. The number of hydrogen-bond donors (Lipinski definition) is 3. The second-order valence-electron chi connectivity index (χ2n) is 3.63. The van der Waals surface area contributed by atoms with E-state index in [-0.39, 0.29) is 18.4 Å². The van der Waals surface area contributed by atoms with Crippen LogP contribution < -0.4 is 15.8 Å². The molecule has 1 rings (SSSR count). The largest absolute Gasteiger partial charge is 0.494 e. The summed E-state index contributed by atoms with van der Waals surface area (Å²) in [5.74, 6) is -0.340. The van der Waals surface area contributed by atoms with Crippen molar-refractivity contribution in [3.63, 3.8) is 0 Å². The van der Waals surface area contributed by atoms with Crippen LogP contribution in [-0.4, -0.2) is 24.9 Å². The lowest BCUT2D eigenvalue weighted by Crippen LogP contribution is -2.17. The highest BCUT2D eigenvalue weighted by Gasteiger charge is 2.10. The third kappa shape index (κ3) is 3.00. The van der Waals surface area contributed by atoms with Crippen LogP contribution in [0.2, 0.25) is 0 Å². The van der Waals surface area contributed by atoms with Crippen LogP contribution in [-0.2, 0) is 0 Å². The number of anilines is 2. The minimum atomic E-state index is -0.486. The zero-order valence-electron chi connectivity index (χ0n) is 9.46. The number of rotatable bonds is 5. The van der Waals surface area contributed by atoms with E-state index in [4.69, 9.17) is 15.6 Å². The van der Waals surface area contributed by atoms with Crippen LogP contribution in [0.25, 0.3) is 0 Å². The molecule has 16 heavy (non-hydrogen) atoms. The number of methoxy groups -OCH3 is 1. The normalized spacial score (nSPS) is 12.2. The van der Waals surface area contributed by atoms with Crippen LogP contribution in [0, 0.1) is 5.82 Å². The Bertz CT molecular complexity index is 358. The van der Waals surface area contributed by atoms with Gasteiger partial charge < -0.3 is 20.9 Å². The molecule has 1 aromatic rings. The van der Waals surface area contributed by atoms with Crippen LogP contribution in [0.5, 0.6) is 5.75 Å². The van der Waals surface area contributed by atoms with E-state index >= 15 is 0 Å². The molecule has 4 N–H and O–H groups in total. The lowest BCUT2D eigenvalue weighted by atomic mass is 10.2. The molecule has 5 heteroatoms. The van der Waals surface area contributed by atoms with Crippen molar-refractivity contribution in [2.24, 2.45) is 0 Å². The van der Waals surface area contributed by atoms with Gasteiger partial charge in [-0.15, -0.1) is 0 Å². The predicted octanol–water partition coefficient (Wildman–Crippen LogP) is 1.60. The van der Waals surface area contributed by atoms with Gasteiger partial charge in [0, 0.05) is 24.8 Å². The molecule has 0 aliphatic rings. The van der Waals surface area contributed by atoms with E-state index in [2.05, 4.69) is 5.32 Å². The Kier molecular flexibility index (Phi) is 4.37. The fourth-order valence-corrected chi connectivity index (χ4v) is 1.38.